The quantitative estimate of drug-likeness (QED) is 0.401. The van der Waals surface area contributed by atoms with E-state index in [2.05, 4.69) is 18.9 Å². The lowest BCUT2D eigenvalue weighted by Gasteiger charge is -1.65. The summed E-state index contributed by atoms with van der Waals surface area (Å²) in [4.78, 5) is 9.47. The number of carbonyl (C=O) groups excluding carboxylic acids is 1. The van der Waals surface area contributed by atoms with E-state index in [4.69, 9.17) is 5.11 Å². The van der Waals surface area contributed by atoms with Crippen molar-refractivity contribution in [3.8, 4) is 0 Å². The molecule has 0 fully saturated rings. The van der Waals surface area contributed by atoms with Crippen LogP contribution in [0.25, 0.3) is 0 Å². The van der Waals surface area contributed by atoms with E-state index < -0.39 is 5.91 Å². The summed E-state index contributed by atoms with van der Waals surface area (Å²) >= 11 is 0. The van der Waals surface area contributed by atoms with Crippen molar-refractivity contribution >= 4 is 5.91 Å². The number of carbonyl (C=O) groups is 1. The molecule has 0 saturated heterocycles. The molecule has 0 aromatic rings. The third-order valence-corrected chi connectivity index (χ3v) is 0.330. The van der Waals surface area contributed by atoms with Gasteiger partial charge in [-0.1, -0.05) is 12.7 Å². The van der Waals surface area contributed by atoms with Crippen molar-refractivity contribution < 1.29 is 9.90 Å². The van der Waals surface area contributed by atoms with Crippen LogP contribution in [-0.2, 0) is 4.79 Å². The van der Waals surface area contributed by atoms with E-state index in [-0.39, 0.29) is 6.61 Å². The highest BCUT2D eigenvalue weighted by molar-refractivity contribution is 5.84. The lowest BCUT2D eigenvalue weighted by Crippen LogP contribution is -2.04. The van der Waals surface area contributed by atoms with Crippen molar-refractivity contribution in [3.63, 3.8) is 0 Å². The third-order valence-electron chi connectivity index (χ3n) is 0.330. The predicted octanol–water partition coefficient (Wildman–Crippen LogP) is -0.178. The molecule has 3 N–H and O–H groups in total. The number of amides is 1. The summed E-state index contributed by atoms with van der Waals surface area (Å²) in [7, 11) is 0. The Morgan fingerprint density at radius 1 is 1.67 bits per heavy atom. The molecule has 0 rings (SSSR count). The maximum atomic E-state index is 9.47. The van der Waals surface area contributed by atoms with Crippen LogP contribution in [0.15, 0.2) is 25.3 Å². The first-order valence-corrected chi connectivity index (χ1v) is 2.32. The van der Waals surface area contributed by atoms with Gasteiger partial charge in [0.1, 0.15) is 0 Å². The second-order valence-corrected chi connectivity index (χ2v) is 1.08. The predicted molar refractivity (Wildman–Crippen MR) is 36.7 cm³/mol. The van der Waals surface area contributed by atoms with Gasteiger partial charge in [-0.3, -0.25) is 4.79 Å². The summed E-state index contributed by atoms with van der Waals surface area (Å²) in [5.74, 6) is -0.481. The largest absolute Gasteiger partial charge is 0.392 e. The minimum absolute atomic E-state index is 0.0833. The van der Waals surface area contributed by atoms with Crippen LogP contribution < -0.4 is 5.73 Å². The van der Waals surface area contributed by atoms with Crippen molar-refractivity contribution in [2.45, 2.75) is 0 Å². The molecular formula is C6H11NO2. The van der Waals surface area contributed by atoms with Crippen molar-refractivity contribution in [2.75, 3.05) is 6.61 Å². The Morgan fingerprint density at radius 3 is 1.89 bits per heavy atom. The minimum Gasteiger partial charge on any atom is -0.392 e. The first-order valence-electron chi connectivity index (χ1n) is 2.32. The van der Waals surface area contributed by atoms with E-state index >= 15 is 0 Å². The minimum atomic E-state index is -0.481. The highest BCUT2D eigenvalue weighted by Crippen LogP contribution is 1.48. The summed E-state index contributed by atoms with van der Waals surface area (Å²) in [5, 5.41) is 7.76. The Kier molecular flexibility index (Phi) is 12.0. The zero-order chi connectivity index (χ0) is 7.70. The third kappa shape index (κ3) is 45.7. The number of aliphatic hydroxyl groups excluding tert-OH is 1. The standard InChI is InChI=1S/C3H5NO.C3H6O/c1-2-3(4)5;1-2-3-4/h2H,1H2,(H2,4,5);2,4H,1,3H2. The number of aliphatic hydroxyl groups is 1. The Balaban J connectivity index is 0. The van der Waals surface area contributed by atoms with Gasteiger partial charge in [0, 0.05) is 0 Å². The fourth-order valence-electron chi connectivity index (χ4n) is 0. The van der Waals surface area contributed by atoms with Gasteiger partial charge >= 0.3 is 0 Å². The second-order valence-electron chi connectivity index (χ2n) is 1.08. The van der Waals surface area contributed by atoms with Crippen LogP contribution in [-0.4, -0.2) is 17.6 Å². The van der Waals surface area contributed by atoms with Crippen molar-refractivity contribution in [3.05, 3.63) is 25.3 Å². The maximum Gasteiger partial charge on any atom is 0.240 e. The molecule has 9 heavy (non-hydrogen) atoms. The van der Waals surface area contributed by atoms with Gasteiger partial charge in [-0.2, -0.15) is 0 Å². The Bertz CT molecular complexity index is 99.2. The summed E-state index contributed by atoms with van der Waals surface area (Å²) in [6.45, 7) is 6.40. The van der Waals surface area contributed by atoms with E-state index in [1.165, 1.54) is 6.08 Å². The first kappa shape index (κ1) is 10.8. The van der Waals surface area contributed by atoms with Gasteiger partial charge in [-0.25, -0.2) is 0 Å². The van der Waals surface area contributed by atoms with Gasteiger partial charge in [0.05, 0.1) is 6.61 Å². The van der Waals surface area contributed by atoms with Crippen molar-refractivity contribution in [2.24, 2.45) is 5.73 Å². The lowest BCUT2D eigenvalue weighted by atomic mass is 10.6. The lowest BCUT2D eigenvalue weighted by molar-refractivity contribution is -0.113. The molecular weight excluding hydrogens is 118 g/mol. The van der Waals surface area contributed by atoms with E-state index in [1.54, 1.807) is 0 Å². The summed E-state index contributed by atoms with van der Waals surface area (Å²) in [6.07, 6.45) is 2.49. The zero-order valence-electron chi connectivity index (χ0n) is 5.21. The smallest absolute Gasteiger partial charge is 0.240 e. The molecule has 0 atom stereocenters. The van der Waals surface area contributed by atoms with Crippen LogP contribution in [0.1, 0.15) is 0 Å². The van der Waals surface area contributed by atoms with Gasteiger partial charge in [0.25, 0.3) is 0 Å². The summed E-state index contributed by atoms with van der Waals surface area (Å²) in [5.41, 5.74) is 4.53. The van der Waals surface area contributed by atoms with Crippen molar-refractivity contribution in [1.82, 2.24) is 0 Å². The molecule has 3 heteroatoms. The first-order chi connectivity index (χ1) is 4.18. The van der Waals surface area contributed by atoms with Crippen LogP contribution in [0, 0.1) is 0 Å². The Morgan fingerprint density at radius 2 is 1.89 bits per heavy atom. The molecule has 0 spiro atoms. The van der Waals surface area contributed by atoms with Crippen LogP contribution in [0.2, 0.25) is 0 Å². The van der Waals surface area contributed by atoms with Crippen molar-refractivity contribution in [1.29, 1.82) is 0 Å². The van der Waals surface area contributed by atoms with E-state index in [0.717, 1.165) is 6.08 Å². The average molecular weight is 129 g/mol. The molecule has 1 amide bonds. The highest BCUT2D eigenvalue weighted by Gasteiger charge is 1.69. The van der Waals surface area contributed by atoms with Gasteiger partial charge < -0.3 is 10.8 Å². The molecule has 0 aliphatic heterocycles. The fraction of sp³-hybridized carbons (Fsp3) is 0.167. The maximum absolute atomic E-state index is 9.47. The number of primary amides is 1. The molecule has 0 aliphatic rings. The van der Waals surface area contributed by atoms with Gasteiger partial charge in [-0.15, -0.1) is 6.58 Å². The second kappa shape index (κ2) is 10.0. The summed E-state index contributed by atoms with van der Waals surface area (Å²) < 4.78 is 0. The monoisotopic (exact) mass is 129 g/mol. The fourth-order valence-corrected chi connectivity index (χ4v) is 0. The van der Waals surface area contributed by atoms with Gasteiger partial charge in [0.15, 0.2) is 0 Å². The SMILES string of the molecule is C=CC(N)=O.C=CCO. The molecule has 0 radical (unpaired) electrons. The molecule has 0 aromatic heterocycles. The summed E-state index contributed by atoms with van der Waals surface area (Å²) in [6, 6.07) is 0. The van der Waals surface area contributed by atoms with Gasteiger partial charge in [-0.05, 0) is 6.08 Å². The molecule has 0 unspecified atom stereocenters. The zero-order valence-corrected chi connectivity index (χ0v) is 5.21. The van der Waals surface area contributed by atoms with Crippen LogP contribution in [0.3, 0.4) is 0 Å². The van der Waals surface area contributed by atoms with E-state index in [9.17, 15) is 4.79 Å². The van der Waals surface area contributed by atoms with Crippen LogP contribution >= 0.6 is 0 Å². The highest BCUT2D eigenvalue weighted by atomic mass is 16.2. The number of rotatable bonds is 2. The number of hydrogen-bond donors (Lipinski definition) is 2. The molecule has 0 saturated carbocycles. The normalized spacial score (nSPS) is 6.33. The molecule has 0 heterocycles. The Hall–Kier alpha value is -1.09. The number of nitrogens with two attached hydrogens (primary N) is 1. The molecule has 52 valence electrons. The molecule has 3 nitrogen and oxygen atoms in total. The van der Waals surface area contributed by atoms with E-state index in [1.807, 2.05) is 0 Å². The molecule has 0 aliphatic carbocycles. The van der Waals surface area contributed by atoms with Crippen LogP contribution in [0.5, 0.6) is 0 Å². The Labute approximate surface area is 54.5 Å². The average Bonchev–Trinajstić information content (AvgIpc) is 1.89. The topological polar surface area (TPSA) is 63.3 Å². The van der Waals surface area contributed by atoms with Gasteiger partial charge in [0.2, 0.25) is 5.91 Å². The number of hydrogen-bond acceptors (Lipinski definition) is 2. The molecule has 0 bridgehead atoms. The van der Waals surface area contributed by atoms with Crippen LogP contribution in [0.4, 0.5) is 0 Å². The molecule has 0 aromatic carbocycles. The van der Waals surface area contributed by atoms with E-state index in [0.29, 0.717) is 0 Å².